The maximum Gasteiger partial charge on any atom is 0.261 e. The zero-order valence-electron chi connectivity index (χ0n) is 19.4. The van der Waals surface area contributed by atoms with Gasteiger partial charge in [-0.25, -0.2) is 15.0 Å². The number of nitrogens with one attached hydrogen (secondary N) is 1. The highest BCUT2D eigenvalue weighted by Gasteiger charge is 2.19. The Morgan fingerprint density at radius 3 is 2.71 bits per heavy atom. The van der Waals surface area contributed by atoms with Crippen LogP contribution in [-0.4, -0.2) is 45.3 Å². The van der Waals surface area contributed by atoms with Crippen molar-refractivity contribution < 1.29 is 4.74 Å². The van der Waals surface area contributed by atoms with Crippen LogP contribution in [0.25, 0.3) is 22.0 Å². The van der Waals surface area contributed by atoms with Crippen molar-refractivity contribution in [1.82, 2.24) is 19.5 Å². The third kappa shape index (κ3) is 4.17. The smallest absolute Gasteiger partial charge is 0.261 e. The maximum absolute atomic E-state index is 13.0. The van der Waals surface area contributed by atoms with Crippen molar-refractivity contribution in [3.8, 4) is 11.3 Å². The summed E-state index contributed by atoms with van der Waals surface area (Å²) in [5.41, 5.74) is 10.1. The highest BCUT2D eigenvalue weighted by molar-refractivity contribution is 5.95. The Labute approximate surface area is 197 Å². The van der Waals surface area contributed by atoms with Crippen molar-refractivity contribution in [2.45, 2.75) is 20.0 Å². The van der Waals surface area contributed by atoms with Gasteiger partial charge >= 0.3 is 0 Å². The van der Waals surface area contributed by atoms with E-state index in [1.54, 1.807) is 30.2 Å². The van der Waals surface area contributed by atoms with Crippen LogP contribution in [0.2, 0.25) is 0 Å². The number of nitrogens with zero attached hydrogens (tertiary/aromatic N) is 5. The van der Waals surface area contributed by atoms with Gasteiger partial charge in [0.15, 0.2) is 0 Å². The number of nitrogens with two attached hydrogens (primary N) is 1. The Bertz CT molecular complexity index is 1420. The average Bonchev–Trinajstić information content (AvgIpc) is 2.82. The number of aryl methyl sites for hydroxylation is 2. The molecule has 9 heteroatoms. The van der Waals surface area contributed by atoms with Crippen molar-refractivity contribution >= 4 is 33.9 Å². The molecule has 1 saturated heterocycles. The molecular formula is C25H27N7O2. The van der Waals surface area contributed by atoms with Crippen LogP contribution in [0.15, 0.2) is 53.7 Å². The molecule has 0 amide bonds. The third-order valence-electron chi connectivity index (χ3n) is 6.07. The molecule has 1 aliphatic heterocycles. The van der Waals surface area contributed by atoms with Crippen LogP contribution < -0.4 is 21.5 Å². The highest BCUT2D eigenvalue weighted by atomic mass is 16.5. The molecule has 4 aromatic rings. The number of aromatic nitrogens is 4. The SMILES string of the molecule is Cc1cc(Nc2nc(-c3cnc(N)nc3)cc3ccn(C)c(=O)c23)ccc1N1CCOC(C)C1. The molecule has 0 spiro atoms. The lowest BCUT2D eigenvalue weighted by atomic mass is 10.1. The molecule has 0 saturated carbocycles. The summed E-state index contributed by atoms with van der Waals surface area (Å²) in [6.07, 6.45) is 5.21. The monoisotopic (exact) mass is 457 g/mol. The van der Waals surface area contributed by atoms with E-state index < -0.39 is 0 Å². The van der Waals surface area contributed by atoms with Gasteiger partial charge < -0.3 is 25.3 Å². The number of morpholine rings is 1. The standard InChI is InChI=1S/C25H27N7O2/c1-15-10-19(4-5-21(15)32-8-9-34-16(2)14-32)29-23-22-17(6-7-31(3)24(22)33)11-20(30-23)18-12-27-25(26)28-13-18/h4-7,10-13,16H,8-9,14H2,1-3H3,(H,29,30)(H2,26,27,28). The van der Waals surface area contributed by atoms with E-state index >= 15 is 0 Å². The van der Waals surface area contributed by atoms with Crippen LogP contribution in [0.5, 0.6) is 0 Å². The summed E-state index contributed by atoms with van der Waals surface area (Å²) in [4.78, 5) is 28.3. The minimum atomic E-state index is -0.122. The van der Waals surface area contributed by atoms with Crippen molar-refractivity contribution in [2.75, 3.05) is 35.6 Å². The lowest BCUT2D eigenvalue weighted by Gasteiger charge is -2.34. The summed E-state index contributed by atoms with van der Waals surface area (Å²) in [7, 11) is 1.73. The third-order valence-corrected chi connectivity index (χ3v) is 6.07. The molecule has 1 unspecified atom stereocenters. The second-order valence-corrected chi connectivity index (χ2v) is 8.64. The van der Waals surface area contributed by atoms with E-state index in [-0.39, 0.29) is 17.6 Å². The number of ether oxygens (including phenoxy) is 1. The molecule has 9 nitrogen and oxygen atoms in total. The zero-order chi connectivity index (χ0) is 23.8. The first kappa shape index (κ1) is 21.8. The predicted molar refractivity (Wildman–Crippen MR) is 135 cm³/mol. The summed E-state index contributed by atoms with van der Waals surface area (Å²) >= 11 is 0. The van der Waals surface area contributed by atoms with Gasteiger partial charge in [-0.15, -0.1) is 0 Å². The Morgan fingerprint density at radius 2 is 1.97 bits per heavy atom. The van der Waals surface area contributed by atoms with Crippen molar-refractivity contribution in [2.24, 2.45) is 7.05 Å². The molecule has 1 aromatic carbocycles. The highest BCUT2D eigenvalue weighted by Crippen LogP contribution is 2.30. The summed E-state index contributed by atoms with van der Waals surface area (Å²) in [5, 5.41) is 4.69. The Balaban J connectivity index is 1.56. The second kappa shape index (κ2) is 8.75. The van der Waals surface area contributed by atoms with Crippen molar-refractivity contribution in [3.63, 3.8) is 0 Å². The molecule has 5 rings (SSSR count). The second-order valence-electron chi connectivity index (χ2n) is 8.64. The van der Waals surface area contributed by atoms with Crippen molar-refractivity contribution in [1.29, 1.82) is 0 Å². The first-order valence-electron chi connectivity index (χ1n) is 11.2. The number of pyridine rings is 2. The first-order chi connectivity index (χ1) is 16.4. The molecular weight excluding hydrogens is 430 g/mol. The molecule has 1 aliphatic rings. The number of benzene rings is 1. The predicted octanol–water partition coefficient (Wildman–Crippen LogP) is 3.25. The zero-order valence-corrected chi connectivity index (χ0v) is 19.4. The number of rotatable bonds is 4. The van der Waals surface area contributed by atoms with Gasteiger partial charge in [0.05, 0.1) is 23.8 Å². The van der Waals surface area contributed by atoms with Crippen molar-refractivity contribution in [3.05, 3.63) is 64.8 Å². The van der Waals surface area contributed by atoms with Gasteiger partial charge in [-0.1, -0.05) is 0 Å². The fraction of sp³-hybridized carbons (Fsp3) is 0.280. The number of anilines is 4. The van der Waals surface area contributed by atoms with Crippen LogP contribution >= 0.6 is 0 Å². The van der Waals surface area contributed by atoms with Gasteiger partial charge in [0.2, 0.25) is 5.95 Å². The molecule has 1 fully saturated rings. The molecule has 3 N–H and O–H groups in total. The van der Waals surface area contributed by atoms with E-state index in [9.17, 15) is 4.79 Å². The minimum absolute atomic E-state index is 0.122. The summed E-state index contributed by atoms with van der Waals surface area (Å²) in [6, 6.07) is 9.97. The lowest BCUT2D eigenvalue weighted by molar-refractivity contribution is 0.0532. The van der Waals surface area contributed by atoms with Crippen LogP contribution in [0.1, 0.15) is 12.5 Å². The van der Waals surface area contributed by atoms with Gasteiger partial charge in [-0.2, -0.15) is 0 Å². The number of nitrogen functional groups attached to an aromatic ring is 1. The van der Waals surface area contributed by atoms with E-state index in [1.807, 2.05) is 18.2 Å². The average molecular weight is 458 g/mol. The van der Waals surface area contributed by atoms with Crippen LogP contribution in [0.3, 0.4) is 0 Å². The minimum Gasteiger partial charge on any atom is -0.375 e. The molecule has 0 radical (unpaired) electrons. The Morgan fingerprint density at radius 1 is 1.18 bits per heavy atom. The maximum atomic E-state index is 13.0. The molecule has 1 atom stereocenters. The number of hydrogen-bond acceptors (Lipinski definition) is 8. The summed E-state index contributed by atoms with van der Waals surface area (Å²) < 4.78 is 7.23. The first-order valence-corrected chi connectivity index (χ1v) is 11.2. The van der Waals surface area contributed by atoms with E-state index in [4.69, 9.17) is 15.5 Å². The molecule has 34 heavy (non-hydrogen) atoms. The number of hydrogen-bond donors (Lipinski definition) is 2. The van der Waals surface area contributed by atoms with Gasteiger partial charge in [-0.3, -0.25) is 4.79 Å². The summed E-state index contributed by atoms with van der Waals surface area (Å²) in [6.45, 7) is 6.63. The van der Waals surface area contributed by atoms with Gasteiger partial charge in [0.1, 0.15) is 5.82 Å². The molecule has 3 aromatic heterocycles. The largest absolute Gasteiger partial charge is 0.375 e. The molecule has 0 bridgehead atoms. The fourth-order valence-electron chi connectivity index (χ4n) is 4.33. The van der Waals surface area contributed by atoms with Gasteiger partial charge in [-0.05, 0) is 55.1 Å². The van der Waals surface area contributed by atoms with Gasteiger partial charge in [0.25, 0.3) is 5.56 Å². The molecule has 0 aliphatic carbocycles. The fourth-order valence-corrected chi connectivity index (χ4v) is 4.33. The number of fused-ring (bicyclic) bond motifs is 1. The van der Waals surface area contributed by atoms with E-state index in [0.29, 0.717) is 22.5 Å². The molecule has 174 valence electrons. The summed E-state index contributed by atoms with van der Waals surface area (Å²) in [5.74, 6) is 0.680. The van der Waals surface area contributed by atoms with Crippen LogP contribution in [-0.2, 0) is 11.8 Å². The van der Waals surface area contributed by atoms with Crippen LogP contribution in [0, 0.1) is 6.92 Å². The Kier molecular flexibility index (Phi) is 5.62. The lowest BCUT2D eigenvalue weighted by Crippen LogP contribution is -2.41. The quantitative estimate of drug-likeness (QED) is 0.480. The normalized spacial score (nSPS) is 16.1. The van der Waals surface area contributed by atoms with Crippen LogP contribution in [0.4, 0.5) is 23.1 Å². The molecule has 4 heterocycles. The van der Waals surface area contributed by atoms with E-state index in [2.05, 4.69) is 46.2 Å². The van der Waals surface area contributed by atoms with E-state index in [1.165, 1.54) is 5.69 Å². The van der Waals surface area contributed by atoms with E-state index in [0.717, 1.165) is 36.3 Å². The topological polar surface area (TPSA) is 111 Å². The van der Waals surface area contributed by atoms with Gasteiger partial charge in [0, 0.05) is 55.7 Å². The Hall–Kier alpha value is -3.98.